The number of nitrogens with zero attached hydrogens (tertiary/aromatic N) is 4. The summed E-state index contributed by atoms with van der Waals surface area (Å²) in [5.74, 6) is -0.663. The van der Waals surface area contributed by atoms with E-state index < -0.39 is 34.8 Å². The largest absolute Gasteiger partial charge is 0.481 e. The minimum absolute atomic E-state index is 0.00290. The lowest BCUT2D eigenvalue weighted by Gasteiger charge is -2.72. The fraction of sp³-hybridized carbons (Fsp3) is 0.822. The number of hydrogen-bond acceptors (Lipinski definition) is 10. The van der Waals surface area contributed by atoms with E-state index in [1.165, 1.54) is 0 Å². The third-order valence-corrected chi connectivity index (χ3v) is 16.7. The number of aromatic nitrogens is 2. The number of carbonyl (C=O) groups excluding carboxylic acids is 3. The third-order valence-electron chi connectivity index (χ3n) is 16.7. The van der Waals surface area contributed by atoms with Crippen LogP contribution in [0.3, 0.4) is 0 Å². The molecule has 5 aliphatic carbocycles. The van der Waals surface area contributed by atoms with Crippen LogP contribution in [-0.2, 0) is 19.1 Å². The van der Waals surface area contributed by atoms with E-state index >= 15 is 0 Å². The van der Waals surface area contributed by atoms with E-state index in [-0.39, 0.29) is 70.7 Å². The molecule has 318 valence electrons. The van der Waals surface area contributed by atoms with Gasteiger partial charge in [0.2, 0.25) is 5.89 Å². The number of fused-ring (bicyclic) bond motifs is 7. The highest BCUT2D eigenvalue weighted by molar-refractivity contribution is 6.01. The van der Waals surface area contributed by atoms with Gasteiger partial charge in [-0.3, -0.25) is 19.2 Å². The number of rotatable bonds is 12. The van der Waals surface area contributed by atoms with Crippen LogP contribution in [0.4, 0.5) is 0 Å². The van der Waals surface area contributed by atoms with Crippen molar-refractivity contribution < 1.29 is 38.5 Å². The van der Waals surface area contributed by atoms with E-state index in [1.54, 1.807) is 25.7 Å². The minimum atomic E-state index is -1.19. The number of likely N-dealkylation sites (N-methyl/N-ethyl adjacent to an activating group) is 1. The van der Waals surface area contributed by atoms with E-state index in [9.17, 15) is 29.4 Å². The van der Waals surface area contributed by atoms with Gasteiger partial charge < -0.3 is 29.2 Å². The average Bonchev–Trinajstić information content (AvgIpc) is 3.68. The Hall–Kier alpha value is -3.12. The van der Waals surface area contributed by atoms with Crippen LogP contribution in [0.1, 0.15) is 143 Å². The molecule has 0 spiro atoms. The molecule has 4 saturated carbocycles. The predicted molar refractivity (Wildman–Crippen MR) is 215 cm³/mol. The Morgan fingerprint density at radius 2 is 1.61 bits per heavy atom. The predicted octanol–water partition coefficient (Wildman–Crippen LogP) is 7.14. The van der Waals surface area contributed by atoms with Gasteiger partial charge in [0, 0.05) is 43.8 Å². The fourth-order valence-electron chi connectivity index (χ4n) is 13.4. The van der Waals surface area contributed by atoms with Crippen LogP contribution in [0.2, 0.25) is 0 Å². The highest BCUT2D eigenvalue weighted by atomic mass is 16.5. The third kappa shape index (κ3) is 7.00. The number of esters is 1. The summed E-state index contributed by atoms with van der Waals surface area (Å²) in [6, 6.07) is 0. The van der Waals surface area contributed by atoms with Gasteiger partial charge in [-0.1, -0.05) is 54.0 Å². The van der Waals surface area contributed by atoms with E-state index in [0.29, 0.717) is 37.2 Å². The second-order valence-electron chi connectivity index (χ2n) is 21.3. The van der Waals surface area contributed by atoms with Gasteiger partial charge in [-0.05, 0) is 125 Å². The molecule has 1 amide bonds. The highest BCUT2D eigenvalue weighted by Gasteiger charge is 2.71. The maximum Gasteiger partial charge on any atom is 0.311 e. The van der Waals surface area contributed by atoms with E-state index in [1.807, 2.05) is 19.0 Å². The summed E-state index contributed by atoms with van der Waals surface area (Å²) < 4.78 is 11.7. The second-order valence-corrected chi connectivity index (χ2v) is 21.3. The maximum atomic E-state index is 14.3. The Labute approximate surface area is 339 Å². The van der Waals surface area contributed by atoms with Gasteiger partial charge in [0.05, 0.1) is 17.9 Å². The Morgan fingerprint density at radius 1 is 0.930 bits per heavy atom. The second kappa shape index (κ2) is 14.9. The van der Waals surface area contributed by atoms with Gasteiger partial charge in [0.1, 0.15) is 6.10 Å². The lowest BCUT2D eigenvalue weighted by Crippen LogP contribution is -2.66. The summed E-state index contributed by atoms with van der Waals surface area (Å²) in [6.07, 6.45) is 6.04. The molecule has 6 rings (SSSR count). The normalized spacial score (nSPS) is 35.3. The van der Waals surface area contributed by atoms with Crippen molar-refractivity contribution in [1.82, 2.24) is 20.0 Å². The number of carboxylic acids is 1. The Morgan fingerprint density at radius 3 is 2.21 bits per heavy atom. The van der Waals surface area contributed by atoms with E-state index in [0.717, 1.165) is 56.1 Å². The molecule has 1 heterocycles. The van der Waals surface area contributed by atoms with Crippen molar-refractivity contribution in [3.8, 4) is 0 Å². The maximum absolute atomic E-state index is 14.3. The molecule has 0 radical (unpaired) electrons. The smallest absolute Gasteiger partial charge is 0.311 e. The Bertz CT molecular complexity index is 1800. The molecule has 57 heavy (non-hydrogen) atoms. The molecule has 0 saturated heterocycles. The molecule has 12 heteroatoms. The van der Waals surface area contributed by atoms with Crippen molar-refractivity contribution in [1.29, 1.82) is 0 Å². The van der Waals surface area contributed by atoms with Gasteiger partial charge in [-0.15, -0.1) is 10.2 Å². The standard InChI is InChI=1S/C45H70N4O8/c1-26(2)35-29(50)23-45(32(51)25-49(22-21-48(11)12)38(53)37-47-46-27(3)56-37)20-19-43(9)28(36(35)45)13-14-31-42(8)17-16-33(57-34(52)24-40(4,5)39(54)55)41(6,7)30(42)15-18-44(31,43)10/h26,28,30-33,51H,13-25H2,1-12H3,(H,54,55)/t28-,30+,31-,32+,33+,42+,43-,44-,45+/m1/s1. The Balaban J connectivity index is 1.30. The van der Waals surface area contributed by atoms with Crippen molar-refractivity contribution in [2.75, 3.05) is 33.7 Å². The van der Waals surface area contributed by atoms with Crippen LogP contribution in [0.5, 0.6) is 0 Å². The lowest BCUT2D eigenvalue weighted by molar-refractivity contribution is -0.235. The van der Waals surface area contributed by atoms with Gasteiger partial charge in [-0.25, -0.2) is 0 Å². The molecule has 0 aliphatic heterocycles. The number of carboxylic acid groups (broad SMARTS) is 1. The highest BCUT2D eigenvalue weighted by Crippen LogP contribution is 2.77. The average molecular weight is 795 g/mol. The molecule has 1 aromatic heterocycles. The Kier molecular flexibility index (Phi) is 11.3. The number of Topliss-reactive ketones (excluding diaryl/α,β-unsaturated/α-hetero) is 1. The first-order valence-corrected chi connectivity index (χ1v) is 21.5. The number of aliphatic carboxylic acids is 1. The monoisotopic (exact) mass is 795 g/mol. The fourth-order valence-corrected chi connectivity index (χ4v) is 13.4. The molecule has 2 N–H and O–H groups in total. The SMILES string of the molecule is Cc1nnc(C(=O)N(CCN(C)C)C[C@H](O)[C@@]23CC[C@]4(C)[C@H](CC[C@@H]5[C@@]6(C)CC[C@H](OC(=O)CC(C)(C)C(=O)O)C(C)(C)[C@@H]6CC[C@]54C)C2=C(C(C)C)C(=O)C3)o1. The lowest BCUT2D eigenvalue weighted by atomic mass is 9.33. The number of aliphatic hydroxyl groups excluding tert-OH is 1. The summed E-state index contributed by atoms with van der Waals surface area (Å²) in [6.45, 7) is 22.0. The number of ketones is 1. The first-order valence-electron chi connectivity index (χ1n) is 21.5. The minimum Gasteiger partial charge on any atom is -0.481 e. The number of amides is 1. The van der Waals surface area contributed by atoms with Crippen molar-refractivity contribution in [2.45, 2.75) is 146 Å². The molecule has 1 aromatic rings. The van der Waals surface area contributed by atoms with E-state index in [2.05, 4.69) is 58.7 Å². The van der Waals surface area contributed by atoms with Crippen LogP contribution in [-0.4, -0.2) is 99.8 Å². The summed E-state index contributed by atoms with van der Waals surface area (Å²) >= 11 is 0. The number of carbonyl (C=O) groups is 4. The van der Waals surface area contributed by atoms with E-state index in [4.69, 9.17) is 9.15 Å². The first kappa shape index (κ1) is 43.5. The van der Waals surface area contributed by atoms with Crippen LogP contribution in [0.15, 0.2) is 15.6 Å². The van der Waals surface area contributed by atoms with Gasteiger partial charge >= 0.3 is 23.7 Å². The molecule has 9 atom stereocenters. The molecule has 12 nitrogen and oxygen atoms in total. The molecule has 4 fully saturated rings. The van der Waals surface area contributed by atoms with Crippen LogP contribution >= 0.6 is 0 Å². The zero-order chi connectivity index (χ0) is 42.3. The van der Waals surface area contributed by atoms with Crippen LogP contribution in [0.25, 0.3) is 0 Å². The zero-order valence-corrected chi connectivity index (χ0v) is 36.8. The topological polar surface area (TPSA) is 163 Å². The van der Waals surface area contributed by atoms with Crippen molar-refractivity contribution in [3.63, 3.8) is 0 Å². The van der Waals surface area contributed by atoms with Gasteiger partial charge in [-0.2, -0.15) is 0 Å². The summed E-state index contributed by atoms with van der Waals surface area (Å²) in [5.41, 5.74) is -0.343. The number of hydrogen-bond donors (Lipinski definition) is 2. The van der Waals surface area contributed by atoms with Crippen LogP contribution < -0.4 is 0 Å². The molecule has 0 aromatic carbocycles. The number of ether oxygens (including phenoxy) is 1. The molecule has 5 aliphatic rings. The van der Waals surface area contributed by atoms with Crippen molar-refractivity contribution in [3.05, 3.63) is 22.9 Å². The van der Waals surface area contributed by atoms with Gasteiger partial charge in [0.25, 0.3) is 0 Å². The summed E-state index contributed by atoms with van der Waals surface area (Å²) in [5, 5.41) is 30.1. The van der Waals surface area contributed by atoms with Crippen LogP contribution in [0, 0.1) is 63.1 Å². The number of aliphatic hydroxyl groups is 1. The van der Waals surface area contributed by atoms with Gasteiger partial charge in [0.15, 0.2) is 5.78 Å². The molecule has 0 bridgehead atoms. The molecular weight excluding hydrogens is 725 g/mol. The summed E-state index contributed by atoms with van der Waals surface area (Å²) in [7, 11) is 3.89. The zero-order valence-electron chi connectivity index (χ0n) is 36.8. The number of allylic oxidation sites excluding steroid dienone is 1. The molecule has 0 unspecified atom stereocenters. The number of aryl methyl sites for hydroxylation is 1. The van der Waals surface area contributed by atoms with Crippen molar-refractivity contribution in [2.24, 2.45) is 56.2 Å². The van der Waals surface area contributed by atoms with Crippen molar-refractivity contribution >= 4 is 23.6 Å². The quantitative estimate of drug-likeness (QED) is 0.207. The first-order chi connectivity index (χ1) is 26.4. The summed E-state index contributed by atoms with van der Waals surface area (Å²) in [4.78, 5) is 56.6. The molecular formula is C45H70N4O8.